The molecule has 0 aliphatic rings. The number of H-pyrrole nitrogens is 1. The zero-order valence-electron chi connectivity index (χ0n) is 17.3. The van der Waals surface area contributed by atoms with Crippen LogP contribution < -0.4 is 10.6 Å². The number of halogens is 3. The average molecular weight is 440 g/mol. The first-order valence-electron chi connectivity index (χ1n) is 9.28. The Kier molecular flexibility index (Phi) is 5.50. The van der Waals surface area contributed by atoms with Crippen LogP contribution >= 0.6 is 7.14 Å². The predicted octanol–water partition coefficient (Wildman–Crippen LogP) is 4.46. The van der Waals surface area contributed by atoms with Gasteiger partial charge in [-0.05, 0) is 40.2 Å². The first-order valence-corrected chi connectivity index (χ1v) is 11.9. The predicted molar refractivity (Wildman–Crippen MR) is 113 cm³/mol. The molecule has 10 heteroatoms. The molecule has 0 aliphatic heterocycles. The maximum atomic E-state index is 13.7. The number of hydrogen-bond donors (Lipinski definition) is 3. The number of nitrogens with zero attached hydrogens (tertiary/aromatic N) is 2. The second-order valence-electron chi connectivity index (χ2n) is 8.23. The number of nitrogens with one attached hydrogen (secondary N) is 2. The summed E-state index contributed by atoms with van der Waals surface area (Å²) in [5, 5.41) is 14.0. The van der Waals surface area contributed by atoms with E-state index in [0.29, 0.717) is 16.2 Å². The van der Waals surface area contributed by atoms with Crippen molar-refractivity contribution in [1.82, 2.24) is 15.0 Å². The number of alkyl halides is 3. The van der Waals surface area contributed by atoms with Gasteiger partial charge in [0.1, 0.15) is 12.7 Å². The van der Waals surface area contributed by atoms with Gasteiger partial charge in [0.15, 0.2) is 0 Å². The van der Waals surface area contributed by atoms with E-state index < -0.39 is 30.5 Å². The van der Waals surface area contributed by atoms with E-state index in [1.54, 1.807) is 52.3 Å². The zero-order chi connectivity index (χ0) is 22.5. The van der Waals surface area contributed by atoms with Gasteiger partial charge >= 0.3 is 6.18 Å². The summed E-state index contributed by atoms with van der Waals surface area (Å²) < 4.78 is 53.7. The highest BCUT2D eigenvalue weighted by atomic mass is 31.2. The van der Waals surface area contributed by atoms with E-state index >= 15 is 0 Å². The number of rotatable bonds is 5. The molecule has 0 spiro atoms. The van der Waals surface area contributed by atoms with Crippen LogP contribution in [0.1, 0.15) is 26.3 Å². The van der Waals surface area contributed by atoms with Crippen molar-refractivity contribution < 1.29 is 22.8 Å². The first-order chi connectivity index (χ1) is 13.7. The van der Waals surface area contributed by atoms with E-state index in [4.69, 9.17) is 0 Å². The van der Waals surface area contributed by atoms with Crippen LogP contribution in [0.25, 0.3) is 22.2 Å². The van der Waals surface area contributed by atoms with Crippen molar-refractivity contribution in [3.8, 4) is 11.3 Å². The Hall–Kier alpha value is -2.38. The lowest BCUT2D eigenvalue weighted by molar-refractivity contribution is -0.137. The molecule has 0 radical (unpaired) electrons. The Morgan fingerprint density at radius 3 is 2.47 bits per heavy atom. The van der Waals surface area contributed by atoms with E-state index in [9.17, 15) is 22.8 Å². The molecule has 0 bridgehead atoms. The topological polar surface area (TPSA) is 90.9 Å². The van der Waals surface area contributed by atoms with Crippen LogP contribution in [0.15, 0.2) is 30.6 Å². The van der Waals surface area contributed by atoms with Gasteiger partial charge < -0.3 is 20.0 Å². The van der Waals surface area contributed by atoms with Gasteiger partial charge in [-0.25, -0.2) is 9.97 Å². The van der Waals surface area contributed by atoms with Crippen molar-refractivity contribution in [3.63, 3.8) is 0 Å². The molecule has 3 aromatic rings. The van der Waals surface area contributed by atoms with Crippen LogP contribution in [0.4, 0.5) is 19.1 Å². The molecular formula is C20H24F3N4O2P. The Morgan fingerprint density at radius 1 is 1.23 bits per heavy atom. The van der Waals surface area contributed by atoms with E-state index in [2.05, 4.69) is 20.3 Å². The molecule has 3 N–H and O–H groups in total. The molecule has 6 nitrogen and oxygen atoms in total. The molecule has 0 saturated heterocycles. The summed E-state index contributed by atoms with van der Waals surface area (Å²) in [4.78, 5) is 10.9. The molecule has 2 aromatic heterocycles. The van der Waals surface area contributed by atoms with Crippen LogP contribution in [-0.2, 0) is 10.7 Å². The summed E-state index contributed by atoms with van der Waals surface area (Å²) >= 11 is 0. The monoisotopic (exact) mass is 440 g/mol. The van der Waals surface area contributed by atoms with E-state index in [1.165, 1.54) is 6.20 Å². The van der Waals surface area contributed by atoms with Crippen molar-refractivity contribution in [2.45, 2.75) is 38.6 Å². The lowest BCUT2D eigenvalue weighted by Gasteiger charge is -2.27. The van der Waals surface area contributed by atoms with Gasteiger partial charge in [0.25, 0.3) is 0 Å². The van der Waals surface area contributed by atoms with Crippen molar-refractivity contribution in [2.24, 2.45) is 0 Å². The fourth-order valence-corrected chi connectivity index (χ4v) is 4.19. The van der Waals surface area contributed by atoms with Crippen LogP contribution in [0.3, 0.4) is 0 Å². The summed E-state index contributed by atoms with van der Waals surface area (Å²) in [6, 6.07) is 4.52. The molecule has 3 rings (SSSR count). The van der Waals surface area contributed by atoms with E-state index in [1.807, 2.05) is 0 Å². The molecule has 2 heterocycles. The normalized spacial score (nSPS) is 14.2. The van der Waals surface area contributed by atoms with Crippen LogP contribution in [0.5, 0.6) is 0 Å². The molecule has 30 heavy (non-hydrogen) atoms. The lowest BCUT2D eigenvalue weighted by Crippen LogP contribution is -2.39. The molecule has 0 saturated carbocycles. The Balaban J connectivity index is 2.21. The van der Waals surface area contributed by atoms with Gasteiger partial charge in [0, 0.05) is 28.6 Å². The molecule has 1 aromatic carbocycles. The van der Waals surface area contributed by atoms with E-state index in [-0.39, 0.29) is 17.2 Å². The van der Waals surface area contributed by atoms with Crippen molar-refractivity contribution in [3.05, 3.63) is 36.2 Å². The van der Waals surface area contributed by atoms with E-state index in [0.717, 1.165) is 6.20 Å². The highest BCUT2D eigenvalue weighted by Crippen LogP contribution is 2.41. The van der Waals surface area contributed by atoms with Crippen molar-refractivity contribution in [2.75, 3.05) is 18.6 Å². The Morgan fingerprint density at radius 2 is 1.90 bits per heavy atom. The van der Waals surface area contributed by atoms with Gasteiger partial charge in [-0.1, -0.05) is 12.1 Å². The number of aromatic nitrogens is 3. The van der Waals surface area contributed by atoms with Gasteiger partial charge in [-0.3, -0.25) is 0 Å². The molecule has 0 amide bonds. The van der Waals surface area contributed by atoms with Gasteiger partial charge in [-0.15, -0.1) is 0 Å². The highest BCUT2D eigenvalue weighted by molar-refractivity contribution is 7.70. The Bertz CT molecular complexity index is 1130. The Labute approximate surface area is 172 Å². The maximum Gasteiger partial charge on any atom is 0.419 e. The second kappa shape index (κ2) is 7.39. The fourth-order valence-electron chi connectivity index (χ4n) is 3.02. The van der Waals surface area contributed by atoms with Gasteiger partial charge in [0.2, 0.25) is 5.95 Å². The standard InChI is InChI=1S/C20H24F3N4O2P/c1-11(19(2,3)28)26-18-25-10-14(20(21,22)23)16(27-18)13-9-24-17-12(13)7-6-8-15(17)30(4,5)29/h6-11,24,28H,1-5H3,(H,25,26,27). The third-order valence-electron chi connectivity index (χ3n) is 5.03. The number of aromatic amines is 1. The third-order valence-corrected chi connectivity index (χ3v) is 6.56. The fraction of sp³-hybridized carbons (Fsp3) is 0.400. The molecule has 1 atom stereocenters. The molecule has 0 aliphatic carbocycles. The SMILES string of the molecule is CC(Nc1ncc(C(F)(F)F)c(-c2c[nH]c3c(P(C)(C)=O)cccc23)n1)C(C)(C)O. The summed E-state index contributed by atoms with van der Waals surface area (Å²) in [5.41, 5.74) is -1.66. The smallest absolute Gasteiger partial charge is 0.388 e. The third kappa shape index (κ3) is 4.37. The summed E-state index contributed by atoms with van der Waals surface area (Å²) in [5.74, 6) is -0.0326. The van der Waals surface area contributed by atoms with Gasteiger partial charge in [-0.2, -0.15) is 13.2 Å². The van der Waals surface area contributed by atoms with Crippen molar-refractivity contribution in [1.29, 1.82) is 0 Å². The quantitative estimate of drug-likeness (QED) is 0.510. The van der Waals surface area contributed by atoms with Crippen LogP contribution in [-0.4, -0.2) is 45.0 Å². The van der Waals surface area contributed by atoms with Crippen molar-refractivity contribution >= 4 is 29.3 Å². The molecular weight excluding hydrogens is 416 g/mol. The number of hydrogen-bond acceptors (Lipinski definition) is 5. The number of aliphatic hydroxyl groups is 1. The number of para-hydroxylation sites is 1. The minimum atomic E-state index is -4.66. The minimum Gasteiger partial charge on any atom is -0.388 e. The largest absolute Gasteiger partial charge is 0.419 e. The maximum absolute atomic E-state index is 13.7. The lowest BCUT2D eigenvalue weighted by atomic mass is 10.0. The highest BCUT2D eigenvalue weighted by Gasteiger charge is 2.36. The summed E-state index contributed by atoms with van der Waals surface area (Å²) in [7, 11) is -2.66. The first kappa shape index (κ1) is 22.3. The van der Waals surface area contributed by atoms with Gasteiger partial charge in [0.05, 0.1) is 22.9 Å². The van der Waals surface area contributed by atoms with Crippen LogP contribution in [0, 0.1) is 0 Å². The second-order valence-corrected chi connectivity index (χ2v) is 11.4. The average Bonchev–Trinajstić information content (AvgIpc) is 3.02. The molecule has 1 unspecified atom stereocenters. The molecule has 0 fully saturated rings. The number of anilines is 1. The number of benzene rings is 1. The summed E-state index contributed by atoms with van der Waals surface area (Å²) in [6.45, 7) is 8.04. The minimum absolute atomic E-state index is 0.0326. The van der Waals surface area contributed by atoms with Crippen LogP contribution in [0.2, 0.25) is 0 Å². The molecule has 162 valence electrons. The number of fused-ring (bicyclic) bond motifs is 1. The zero-order valence-corrected chi connectivity index (χ0v) is 18.2. The summed E-state index contributed by atoms with van der Waals surface area (Å²) in [6.07, 6.45) is -2.50.